The van der Waals surface area contributed by atoms with Crippen molar-refractivity contribution in [3.8, 4) is 5.75 Å². The van der Waals surface area contributed by atoms with Crippen LogP contribution in [0.25, 0.3) is 0 Å². The van der Waals surface area contributed by atoms with Crippen molar-refractivity contribution in [3.63, 3.8) is 0 Å². The number of nitrogens with one attached hydrogen (secondary N) is 2. The fourth-order valence-corrected chi connectivity index (χ4v) is 2.16. The molecule has 0 atom stereocenters. The number of amides is 2. The first kappa shape index (κ1) is 17.9. The molecule has 2 N–H and O–H groups in total. The Morgan fingerprint density at radius 2 is 1.83 bits per heavy atom. The van der Waals surface area contributed by atoms with Crippen LogP contribution in [0.15, 0.2) is 40.9 Å². The van der Waals surface area contributed by atoms with Crippen molar-refractivity contribution >= 4 is 39.1 Å². The van der Waals surface area contributed by atoms with Crippen molar-refractivity contribution < 1.29 is 23.1 Å². The van der Waals surface area contributed by atoms with Gasteiger partial charge in [0.2, 0.25) is 5.91 Å². The Balaban J connectivity index is 2.00. The minimum absolute atomic E-state index is 0.0965. The number of hydrogen-bond donors (Lipinski definition) is 2. The molecule has 5 nitrogen and oxygen atoms in total. The lowest BCUT2D eigenvalue weighted by molar-refractivity contribution is -0.118. The third-order valence-electron chi connectivity index (χ3n) is 2.81. The van der Waals surface area contributed by atoms with Crippen LogP contribution in [0.3, 0.4) is 0 Å². The van der Waals surface area contributed by atoms with E-state index in [1.165, 1.54) is 31.2 Å². The van der Waals surface area contributed by atoms with Gasteiger partial charge in [-0.05, 0) is 36.4 Å². The highest BCUT2D eigenvalue weighted by atomic mass is 79.9. The molecule has 0 spiro atoms. The topological polar surface area (TPSA) is 67.4 Å². The second-order valence-corrected chi connectivity index (χ2v) is 5.70. The van der Waals surface area contributed by atoms with E-state index in [1.54, 1.807) is 6.07 Å². The van der Waals surface area contributed by atoms with Crippen molar-refractivity contribution in [1.82, 2.24) is 0 Å². The molecule has 2 aromatic carbocycles. The first-order valence-electron chi connectivity index (χ1n) is 6.80. The molecule has 0 fully saturated rings. The van der Waals surface area contributed by atoms with Gasteiger partial charge in [0.1, 0.15) is 5.82 Å². The Kier molecular flexibility index (Phi) is 5.86. The van der Waals surface area contributed by atoms with Crippen molar-refractivity contribution in [2.24, 2.45) is 0 Å². The van der Waals surface area contributed by atoms with Crippen LogP contribution in [0.4, 0.5) is 20.2 Å². The van der Waals surface area contributed by atoms with Gasteiger partial charge in [0.15, 0.2) is 18.2 Å². The highest BCUT2D eigenvalue weighted by Crippen LogP contribution is 2.22. The molecular formula is C16H13BrF2N2O3. The zero-order chi connectivity index (χ0) is 17.7. The third kappa shape index (κ3) is 5.02. The zero-order valence-corrected chi connectivity index (χ0v) is 14.1. The van der Waals surface area contributed by atoms with E-state index in [1.807, 2.05) is 0 Å². The average molecular weight is 399 g/mol. The number of halogens is 3. The lowest BCUT2D eigenvalue weighted by Gasteiger charge is -2.10. The Morgan fingerprint density at radius 3 is 2.50 bits per heavy atom. The fraction of sp³-hybridized carbons (Fsp3) is 0.125. The van der Waals surface area contributed by atoms with Gasteiger partial charge in [-0.2, -0.15) is 0 Å². The Bertz CT molecular complexity index is 784. The maximum Gasteiger partial charge on any atom is 0.262 e. The predicted molar refractivity (Wildman–Crippen MR) is 88.9 cm³/mol. The minimum atomic E-state index is -0.674. The lowest BCUT2D eigenvalue weighted by Crippen LogP contribution is -2.21. The molecule has 0 unspecified atom stereocenters. The number of carbonyl (C=O) groups is 2. The van der Waals surface area contributed by atoms with Crippen LogP contribution in [-0.4, -0.2) is 18.4 Å². The smallest absolute Gasteiger partial charge is 0.262 e. The van der Waals surface area contributed by atoms with Gasteiger partial charge in [-0.1, -0.05) is 15.9 Å². The maximum atomic E-state index is 13.7. The molecule has 2 amide bonds. The summed E-state index contributed by atoms with van der Waals surface area (Å²) in [6.07, 6.45) is 0. The van der Waals surface area contributed by atoms with Crippen LogP contribution in [0, 0.1) is 11.6 Å². The number of ether oxygens (including phenoxy) is 1. The SMILES string of the molecule is CC(=O)Nc1ccc(F)c(NC(=O)COc2ccc(Br)cc2F)c1. The van der Waals surface area contributed by atoms with Gasteiger partial charge in [-0.25, -0.2) is 8.78 Å². The van der Waals surface area contributed by atoms with Crippen molar-refractivity contribution in [2.75, 3.05) is 17.2 Å². The highest BCUT2D eigenvalue weighted by molar-refractivity contribution is 9.10. The summed E-state index contributed by atoms with van der Waals surface area (Å²) in [4.78, 5) is 22.8. The number of carbonyl (C=O) groups excluding carboxylic acids is 2. The quantitative estimate of drug-likeness (QED) is 0.806. The number of rotatable bonds is 5. The molecule has 2 rings (SSSR count). The van der Waals surface area contributed by atoms with Gasteiger partial charge < -0.3 is 15.4 Å². The first-order valence-corrected chi connectivity index (χ1v) is 7.59. The zero-order valence-electron chi connectivity index (χ0n) is 12.5. The molecular weight excluding hydrogens is 386 g/mol. The number of benzene rings is 2. The van der Waals surface area contributed by atoms with Crippen molar-refractivity contribution in [3.05, 3.63) is 52.5 Å². The van der Waals surface area contributed by atoms with E-state index in [2.05, 4.69) is 26.6 Å². The predicted octanol–water partition coefficient (Wildman–Crippen LogP) is 3.70. The highest BCUT2D eigenvalue weighted by Gasteiger charge is 2.11. The van der Waals surface area contributed by atoms with Crippen LogP contribution in [0.1, 0.15) is 6.92 Å². The van der Waals surface area contributed by atoms with Crippen molar-refractivity contribution in [1.29, 1.82) is 0 Å². The van der Waals surface area contributed by atoms with E-state index in [4.69, 9.17) is 4.74 Å². The van der Waals surface area contributed by atoms with Gasteiger partial charge in [0.05, 0.1) is 5.69 Å². The van der Waals surface area contributed by atoms with Crippen LogP contribution < -0.4 is 15.4 Å². The maximum absolute atomic E-state index is 13.7. The molecule has 0 heterocycles. The van der Waals surface area contributed by atoms with Crippen LogP contribution >= 0.6 is 15.9 Å². The third-order valence-corrected chi connectivity index (χ3v) is 3.31. The van der Waals surface area contributed by atoms with E-state index < -0.39 is 24.1 Å². The van der Waals surface area contributed by atoms with Gasteiger partial charge in [-0.15, -0.1) is 0 Å². The van der Waals surface area contributed by atoms with Crippen LogP contribution in [-0.2, 0) is 9.59 Å². The molecule has 0 saturated carbocycles. The summed E-state index contributed by atoms with van der Waals surface area (Å²) in [6.45, 7) is 0.810. The van der Waals surface area contributed by atoms with E-state index in [0.717, 1.165) is 6.07 Å². The molecule has 0 aliphatic carbocycles. The van der Waals surface area contributed by atoms with Gasteiger partial charge in [-0.3, -0.25) is 9.59 Å². The van der Waals surface area contributed by atoms with Gasteiger partial charge in [0, 0.05) is 17.1 Å². The molecule has 126 valence electrons. The van der Waals surface area contributed by atoms with Gasteiger partial charge in [0.25, 0.3) is 5.91 Å². The molecule has 0 aliphatic rings. The van der Waals surface area contributed by atoms with Crippen LogP contribution in [0.2, 0.25) is 0 Å². The second-order valence-electron chi connectivity index (χ2n) is 4.79. The molecule has 0 aromatic heterocycles. The largest absolute Gasteiger partial charge is 0.481 e. The summed E-state index contributed by atoms with van der Waals surface area (Å²) < 4.78 is 32.9. The lowest BCUT2D eigenvalue weighted by atomic mass is 10.2. The summed E-state index contributed by atoms with van der Waals surface area (Å²) in [6, 6.07) is 7.87. The Morgan fingerprint density at radius 1 is 1.08 bits per heavy atom. The van der Waals surface area contributed by atoms with E-state index in [0.29, 0.717) is 10.2 Å². The fourth-order valence-electron chi connectivity index (χ4n) is 1.82. The Labute approximate surface area is 145 Å². The Hall–Kier alpha value is -2.48. The molecule has 0 saturated heterocycles. The standard InChI is InChI=1S/C16H13BrF2N2O3/c1-9(22)20-11-3-4-12(18)14(7-11)21-16(23)8-24-15-5-2-10(17)6-13(15)19/h2-7H,8H2,1H3,(H,20,22)(H,21,23). The summed E-state index contributed by atoms with van der Waals surface area (Å²) in [7, 11) is 0. The monoisotopic (exact) mass is 398 g/mol. The van der Waals surface area contributed by atoms with E-state index >= 15 is 0 Å². The number of anilines is 2. The van der Waals surface area contributed by atoms with Crippen molar-refractivity contribution in [2.45, 2.75) is 6.92 Å². The van der Waals surface area contributed by atoms with Crippen LogP contribution in [0.5, 0.6) is 5.75 Å². The second kappa shape index (κ2) is 7.87. The molecule has 2 aromatic rings. The minimum Gasteiger partial charge on any atom is -0.481 e. The molecule has 0 bridgehead atoms. The molecule has 0 aliphatic heterocycles. The van der Waals surface area contributed by atoms with E-state index in [-0.39, 0.29) is 17.3 Å². The molecule has 24 heavy (non-hydrogen) atoms. The number of hydrogen-bond acceptors (Lipinski definition) is 3. The first-order chi connectivity index (χ1) is 11.3. The summed E-state index contributed by atoms with van der Waals surface area (Å²) >= 11 is 3.11. The normalized spacial score (nSPS) is 10.2. The summed E-state index contributed by atoms with van der Waals surface area (Å²) in [5.74, 6) is -2.40. The molecule has 0 radical (unpaired) electrons. The van der Waals surface area contributed by atoms with Gasteiger partial charge >= 0.3 is 0 Å². The van der Waals surface area contributed by atoms with E-state index in [9.17, 15) is 18.4 Å². The average Bonchev–Trinajstić information content (AvgIpc) is 2.49. The molecule has 8 heteroatoms. The summed E-state index contributed by atoms with van der Waals surface area (Å²) in [5, 5.41) is 4.78. The summed E-state index contributed by atoms with van der Waals surface area (Å²) in [5.41, 5.74) is 0.213.